The van der Waals surface area contributed by atoms with Gasteiger partial charge in [-0.25, -0.2) is 4.79 Å². The second-order valence-corrected chi connectivity index (χ2v) is 5.45. The smallest absolute Gasteiger partial charge is 0.358 e. The van der Waals surface area contributed by atoms with Gasteiger partial charge in [0, 0.05) is 21.8 Å². The van der Waals surface area contributed by atoms with Crippen molar-refractivity contribution in [1.82, 2.24) is 15.0 Å². The molecule has 6 nitrogen and oxygen atoms in total. The summed E-state index contributed by atoms with van der Waals surface area (Å²) in [6, 6.07) is 0. The van der Waals surface area contributed by atoms with E-state index in [2.05, 4.69) is 10.3 Å². The van der Waals surface area contributed by atoms with E-state index in [1.165, 1.54) is 10.9 Å². The van der Waals surface area contributed by atoms with E-state index in [0.717, 1.165) is 6.42 Å². The molecule has 0 saturated heterocycles. The SMILES string of the molecule is CCC(C)S(=O)CCn1cc(C(=O)O)nn1. The maximum Gasteiger partial charge on any atom is 0.358 e. The molecule has 0 aliphatic carbocycles. The Labute approximate surface area is 96.1 Å². The maximum absolute atomic E-state index is 11.6. The van der Waals surface area contributed by atoms with Crippen molar-refractivity contribution in [3.63, 3.8) is 0 Å². The Kier molecular flexibility index (Phi) is 4.60. The lowest BCUT2D eigenvalue weighted by molar-refractivity contribution is 0.0690. The summed E-state index contributed by atoms with van der Waals surface area (Å²) in [5.41, 5.74) is -0.0886. The molecule has 0 radical (unpaired) electrons. The van der Waals surface area contributed by atoms with Crippen molar-refractivity contribution in [2.45, 2.75) is 32.1 Å². The number of carboxylic acids is 1. The summed E-state index contributed by atoms with van der Waals surface area (Å²) in [5.74, 6) is -0.633. The molecule has 1 heterocycles. The molecule has 0 amide bonds. The summed E-state index contributed by atoms with van der Waals surface area (Å²) in [4.78, 5) is 10.5. The Hall–Kier alpha value is -1.24. The average Bonchev–Trinajstić information content (AvgIpc) is 2.73. The van der Waals surface area contributed by atoms with Gasteiger partial charge in [-0.15, -0.1) is 5.10 Å². The fourth-order valence-electron chi connectivity index (χ4n) is 1.08. The summed E-state index contributed by atoms with van der Waals surface area (Å²) in [5, 5.41) is 15.9. The number of carboxylic acid groups (broad SMARTS) is 1. The van der Waals surface area contributed by atoms with Crippen LogP contribution in [0.4, 0.5) is 0 Å². The van der Waals surface area contributed by atoms with Crippen LogP contribution in [0.15, 0.2) is 6.20 Å². The van der Waals surface area contributed by atoms with Gasteiger partial charge < -0.3 is 5.11 Å². The van der Waals surface area contributed by atoms with Crippen LogP contribution in [-0.2, 0) is 17.3 Å². The molecule has 1 aromatic heterocycles. The van der Waals surface area contributed by atoms with Crippen LogP contribution >= 0.6 is 0 Å². The standard InChI is InChI=1S/C9H15N3O3S/c1-3-7(2)16(15)5-4-12-6-8(9(13)14)10-11-12/h6-7H,3-5H2,1-2H3,(H,13,14). The number of aromatic carboxylic acids is 1. The van der Waals surface area contributed by atoms with E-state index in [1.807, 2.05) is 13.8 Å². The molecule has 16 heavy (non-hydrogen) atoms. The molecule has 2 atom stereocenters. The third kappa shape index (κ3) is 3.41. The maximum atomic E-state index is 11.6. The van der Waals surface area contributed by atoms with Gasteiger partial charge in [0.15, 0.2) is 5.69 Å². The Balaban J connectivity index is 2.48. The van der Waals surface area contributed by atoms with Crippen molar-refractivity contribution in [3.8, 4) is 0 Å². The van der Waals surface area contributed by atoms with Crippen LogP contribution in [0.3, 0.4) is 0 Å². The van der Waals surface area contributed by atoms with Gasteiger partial charge in [0.05, 0.1) is 12.7 Å². The first-order chi connectivity index (χ1) is 7.54. The molecule has 1 aromatic rings. The largest absolute Gasteiger partial charge is 0.476 e. The molecule has 0 saturated carbocycles. The van der Waals surface area contributed by atoms with Crippen molar-refractivity contribution >= 4 is 16.8 Å². The van der Waals surface area contributed by atoms with Crippen LogP contribution in [0.2, 0.25) is 0 Å². The fraction of sp³-hybridized carbons (Fsp3) is 0.667. The predicted octanol–water partition coefficient (Wildman–Crippen LogP) is 0.524. The van der Waals surface area contributed by atoms with E-state index in [-0.39, 0.29) is 10.9 Å². The van der Waals surface area contributed by atoms with Crippen LogP contribution in [0.5, 0.6) is 0 Å². The van der Waals surface area contributed by atoms with Crippen LogP contribution in [-0.4, -0.2) is 41.3 Å². The summed E-state index contributed by atoms with van der Waals surface area (Å²) >= 11 is 0. The molecule has 1 rings (SSSR count). The zero-order valence-corrected chi connectivity index (χ0v) is 10.1. The first kappa shape index (κ1) is 12.8. The average molecular weight is 245 g/mol. The van der Waals surface area contributed by atoms with Crippen LogP contribution in [0, 0.1) is 0 Å². The summed E-state index contributed by atoms with van der Waals surface area (Å²) in [6.45, 7) is 4.35. The molecule has 0 aliphatic heterocycles. The predicted molar refractivity (Wildman–Crippen MR) is 59.7 cm³/mol. The molecule has 0 fully saturated rings. The third-order valence-electron chi connectivity index (χ3n) is 2.30. The van der Waals surface area contributed by atoms with E-state index in [0.29, 0.717) is 12.3 Å². The highest BCUT2D eigenvalue weighted by Crippen LogP contribution is 2.02. The highest BCUT2D eigenvalue weighted by Gasteiger charge is 2.11. The van der Waals surface area contributed by atoms with Gasteiger partial charge in [-0.1, -0.05) is 19.1 Å². The summed E-state index contributed by atoms with van der Waals surface area (Å²) < 4.78 is 13.0. The molecule has 7 heteroatoms. The van der Waals surface area contributed by atoms with Crippen LogP contribution in [0.25, 0.3) is 0 Å². The summed E-state index contributed by atoms with van der Waals surface area (Å²) in [7, 11) is -0.903. The monoisotopic (exact) mass is 245 g/mol. The Morgan fingerprint density at radius 2 is 2.38 bits per heavy atom. The number of aromatic nitrogens is 3. The van der Waals surface area contributed by atoms with Crippen molar-refractivity contribution in [2.24, 2.45) is 0 Å². The first-order valence-electron chi connectivity index (χ1n) is 5.05. The van der Waals surface area contributed by atoms with Crippen molar-refractivity contribution < 1.29 is 14.1 Å². The van der Waals surface area contributed by atoms with E-state index in [4.69, 9.17) is 5.11 Å². The van der Waals surface area contributed by atoms with Crippen molar-refractivity contribution in [3.05, 3.63) is 11.9 Å². The number of nitrogens with zero attached hydrogens (tertiary/aromatic N) is 3. The Morgan fingerprint density at radius 1 is 1.69 bits per heavy atom. The van der Waals surface area contributed by atoms with E-state index < -0.39 is 16.8 Å². The highest BCUT2D eigenvalue weighted by molar-refractivity contribution is 7.85. The summed E-state index contributed by atoms with van der Waals surface area (Å²) in [6.07, 6.45) is 2.21. The zero-order valence-electron chi connectivity index (χ0n) is 9.29. The van der Waals surface area contributed by atoms with Gasteiger partial charge in [-0.05, 0) is 6.42 Å². The first-order valence-corrected chi connectivity index (χ1v) is 6.43. The minimum Gasteiger partial charge on any atom is -0.476 e. The normalized spacial score (nSPS) is 14.6. The molecule has 0 spiro atoms. The Morgan fingerprint density at radius 3 is 2.88 bits per heavy atom. The fourth-order valence-corrected chi connectivity index (χ4v) is 2.22. The number of aryl methyl sites for hydroxylation is 1. The lowest BCUT2D eigenvalue weighted by Crippen LogP contribution is -2.16. The molecular weight excluding hydrogens is 230 g/mol. The molecule has 90 valence electrons. The number of carbonyl (C=O) groups is 1. The lowest BCUT2D eigenvalue weighted by Gasteiger charge is -2.07. The lowest BCUT2D eigenvalue weighted by atomic mass is 10.4. The highest BCUT2D eigenvalue weighted by atomic mass is 32.2. The molecule has 0 bridgehead atoms. The van der Waals surface area contributed by atoms with Gasteiger partial charge in [-0.2, -0.15) is 0 Å². The third-order valence-corrected chi connectivity index (χ3v) is 4.12. The van der Waals surface area contributed by atoms with Gasteiger partial charge in [0.1, 0.15) is 0 Å². The molecule has 0 aliphatic rings. The quantitative estimate of drug-likeness (QED) is 0.790. The van der Waals surface area contributed by atoms with E-state index >= 15 is 0 Å². The van der Waals surface area contributed by atoms with Gasteiger partial charge in [0.25, 0.3) is 0 Å². The second-order valence-electron chi connectivity index (χ2n) is 3.48. The topological polar surface area (TPSA) is 85.1 Å². The van der Waals surface area contributed by atoms with Gasteiger partial charge in [-0.3, -0.25) is 8.89 Å². The second kappa shape index (κ2) is 5.74. The van der Waals surface area contributed by atoms with Gasteiger partial charge >= 0.3 is 5.97 Å². The minimum absolute atomic E-state index is 0.0886. The molecule has 1 N–H and O–H groups in total. The van der Waals surface area contributed by atoms with Crippen LogP contribution < -0.4 is 0 Å². The van der Waals surface area contributed by atoms with Crippen molar-refractivity contribution in [2.75, 3.05) is 5.75 Å². The van der Waals surface area contributed by atoms with E-state index in [1.54, 1.807) is 0 Å². The molecular formula is C9H15N3O3S. The number of hydrogen-bond acceptors (Lipinski definition) is 4. The van der Waals surface area contributed by atoms with Gasteiger partial charge in [0.2, 0.25) is 0 Å². The number of hydrogen-bond donors (Lipinski definition) is 1. The minimum atomic E-state index is -1.10. The van der Waals surface area contributed by atoms with E-state index in [9.17, 15) is 9.00 Å². The number of rotatable bonds is 6. The zero-order chi connectivity index (χ0) is 12.1. The van der Waals surface area contributed by atoms with Crippen LogP contribution in [0.1, 0.15) is 30.8 Å². The Bertz CT molecular complexity index is 391. The molecule has 2 unspecified atom stereocenters. The van der Waals surface area contributed by atoms with Crippen molar-refractivity contribution in [1.29, 1.82) is 0 Å². The molecule has 0 aromatic carbocycles.